The molecule has 2 saturated heterocycles. The average Bonchev–Trinajstić information content (AvgIpc) is 3.65. The van der Waals surface area contributed by atoms with Crippen molar-refractivity contribution in [2.75, 3.05) is 54.8 Å². The molecule has 59 heavy (non-hydrogen) atoms. The Morgan fingerprint density at radius 1 is 0.915 bits per heavy atom. The Morgan fingerprint density at radius 2 is 1.68 bits per heavy atom. The molecule has 0 bridgehead atoms. The molecule has 1 aliphatic carbocycles. The molecular formula is C40H37F2N11O6. The summed E-state index contributed by atoms with van der Waals surface area (Å²) < 4.78 is 35.1. The van der Waals surface area contributed by atoms with Crippen molar-refractivity contribution in [3.8, 4) is 17.1 Å². The van der Waals surface area contributed by atoms with Crippen LogP contribution in [-0.2, 0) is 11.3 Å². The van der Waals surface area contributed by atoms with Crippen LogP contribution in [0.2, 0.25) is 0 Å². The molecule has 3 N–H and O–H groups in total. The molecule has 17 nitrogen and oxygen atoms in total. The number of imide groups is 2. The first-order valence-corrected chi connectivity index (χ1v) is 19.1. The van der Waals surface area contributed by atoms with Gasteiger partial charge < -0.3 is 20.0 Å². The van der Waals surface area contributed by atoms with Gasteiger partial charge >= 0.3 is 6.03 Å². The Labute approximate surface area is 334 Å². The first kappa shape index (κ1) is 37.6. The zero-order valence-corrected chi connectivity index (χ0v) is 31.4. The highest BCUT2D eigenvalue weighted by Gasteiger charge is 2.43. The number of pyridine rings is 1. The lowest BCUT2D eigenvalue weighted by atomic mass is 10.1. The number of nitrogens with zero attached hydrogens (tertiary/aromatic N) is 8. The number of nitrogens with one attached hydrogen (secondary N) is 3. The van der Waals surface area contributed by atoms with E-state index in [2.05, 4.69) is 40.8 Å². The van der Waals surface area contributed by atoms with Crippen LogP contribution in [0.25, 0.3) is 17.1 Å². The molecule has 0 atom stereocenters. The molecular weight excluding hydrogens is 769 g/mol. The lowest BCUT2D eigenvalue weighted by Crippen LogP contribution is -2.58. The number of anilines is 3. The molecule has 3 fully saturated rings. The summed E-state index contributed by atoms with van der Waals surface area (Å²) in [6, 6.07) is 15.0. The first-order valence-electron chi connectivity index (χ1n) is 19.1. The predicted octanol–water partition coefficient (Wildman–Crippen LogP) is 4.71. The minimum atomic E-state index is -2.96. The van der Waals surface area contributed by atoms with Crippen molar-refractivity contribution < 1.29 is 37.2 Å². The molecule has 6 amide bonds. The van der Waals surface area contributed by atoms with Crippen LogP contribution in [0.5, 0.6) is 0 Å². The van der Waals surface area contributed by atoms with Gasteiger partial charge in [-0.25, -0.2) is 33.2 Å². The molecule has 6 heterocycles. The van der Waals surface area contributed by atoms with Crippen LogP contribution in [0.3, 0.4) is 0 Å². The zero-order chi connectivity index (χ0) is 40.8. The van der Waals surface area contributed by atoms with E-state index in [0.29, 0.717) is 55.7 Å². The van der Waals surface area contributed by atoms with Gasteiger partial charge in [-0.3, -0.25) is 29.4 Å². The second-order valence-corrected chi connectivity index (χ2v) is 14.7. The number of rotatable bonds is 12. The van der Waals surface area contributed by atoms with E-state index in [1.165, 1.54) is 30.0 Å². The third-order valence-electron chi connectivity index (χ3n) is 10.7. The predicted molar refractivity (Wildman–Crippen MR) is 207 cm³/mol. The average molecular weight is 806 g/mol. The molecule has 2 aromatic carbocycles. The minimum Gasteiger partial charge on any atom is -0.444 e. The maximum atomic E-state index is 14.1. The van der Waals surface area contributed by atoms with E-state index < -0.39 is 41.8 Å². The fourth-order valence-corrected chi connectivity index (χ4v) is 7.28. The van der Waals surface area contributed by atoms with E-state index in [9.17, 15) is 32.8 Å². The molecule has 3 aliphatic heterocycles. The van der Waals surface area contributed by atoms with Crippen molar-refractivity contribution in [2.45, 2.75) is 32.2 Å². The summed E-state index contributed by atoms with van der Waals surface area (Å²) in [5, 5.41) is 13.8. The number of hydrogen-bond donors (Lipinski definition) is 3. The van der Waals surface area contributed by atoms with Crippen LogP contribution in [0.15, 0.2) is 77.7 Å². The number of hydrogen-bond acceptors (Lipinski definition) is 12. The van der Waals surface area contributed by atoms with Crippen molar-refractivity contribution in [3.63, 3.8) is 0 Å². The number of amides is 6. The van der Waals surface area contributed by atoms with E-state index in [-0.39, 0.29) is 41.4 Å². The smallest absolute Gasteiger partial charge is 0.343 e. The van der Waals surface area contributed by atoms with Gasteiger partial charge in [-0.05, 0) is 72.9 Å². The number of oxazole rings is 1. The summed E-state index contributed by atoms with van der Waals surface area (Å²) in [4.78, 5) is 76.3. The third-order valence-corrected chi connectivity index (χ3v) is 10.7. The Kier molecular flexibility index (Phi) is 9.79. The van der Waals surface area contributed by atoms with Gasteiger partial charge in [-0.15, -0.1) is 0 Å². The summed E-state index contributed by atoms with van der Waals surface area (Å²) in [5.74, 6) is -0.915. The van der Waals surface area contributed by atoms with Crippen LogP contribution in [0.1, 0.15) is 68.1 Å². The van der Waals surface area contributed by atoms with Gasteiger partial charge in [0.1, 0.15) is 12.1 Å². The number of halogens is 2. The highest BCUT2D eigenvalue weighted by Crippen LogP contribution is 2.31. The summed E-state index contributed by atoms with van der Waals surface area (Å²) >= 11 is 0. The zero-order valence-electron chi connectivity index (χ0n) is 31.4. The standard InChI is InChI=1S/C40H37F2N11O6/c41-35(42)34-30(45-36(55)31-22-59-37(46-31)25-9-11-43-32(18-25)44-19-23-1-2-23)21-51(48-34)27-6-4-26(5-7-27)50-15-13-49(14-16-50)20-24-3-8-28-29(17-24)39(57)53(38(28)56)52-12-10-33(54)47-40(52)58/h3-9,11,17-18,21-23,35H,1-2,10,12-16,19-20H2,(H,43,44)(H,45,55)(H,47,54,58). The van der Waals surface area contributed by atoms with Crippen molar-refractivity contribution in [3.05, 3.63) is 101 Å². The number of benzene rings is 2. The lowest BCUT2D eigenvalue weighted by molar-refractivity contribution is -0.122. The maximum absolute atomic E-state index is 14.1. The van der Waals surface area contributed by atoms with Gasteiger partial charge in [-0.2, -0.15) is 10.1 Å². The molecule has 0 unspecified atom stereocenters. The third kappa shape index (κ3) is 7.71. The maximum Gasteiger partial charge on any atom is 0.343 e. The molecule has 5 aromatic rings. The molecule has 302 valence electrons. The van der Waals surface area contributed by atoms with Crippen molar-refractivity contribution in [2.24, 2.45) is 5.92 Å². The Balaban J connectivity index is 0.804. The van der Waals surface area contributed by atoms with Gasteiger partial charge in [-0.1, -0.05) is 6.07 Å². The quantitative estimate of drug-likeness (QED) is 0.148. The summed E-state index contributed by atoms with van der Waals surface area (Å²) in [6.45, 7) is 4.07. The second-order valence-electron chi connectivity index (χ2n) is 14.7. The van der Waals surface area contributed by atoms with Crippen LogP contribution < -0.4 is 20.9 Å². The van der Waals surface area contributed by atoms with Gasteiger partial charge in [0.05, 0.1) is 35.2 Å². The highest BCUT2D eigenvalue weighted by molar-refractivity contribution is 6.22. The molecule has 3 aromatic heterocycles. The SMILES string of the molecule is O=C1CCN(N2C(=O)c3ccc(CN4CCN(c5ccc(-n6cc(NC(=O)c7coc(-c8ccnc(NCC9CC9)c8)n7)c(C(F)F)n6)cc5)CC4)cc3C2=O)C(=O)N1. The normalized spacial score (nSPS) is 17.2. The van der Waals surface area contributed by atoms with Crippen LogP contribution >= 0.6 is 0 Å². The highest BCUT2D eigenvalue weighted by atomic mass is 19.3. The number of hydrazine groups is 1. The topological polar surface area (TPSA) is 191 Å². The number of alkyl halides is 2. The molecule has 0 radical (unpaired) electrons. The Morgan fingerprint density at radius 3 is 2.42 bits per heavy atom. The summed E-state index contributed by atoms with van der Waals surface area (Å²) in [5.41, 5.74) is 2.46. The number of piperazine rings is 1. The Bertz CT molecular complexity index is 2480. The Hall–Kier alpha value is -7.02. The van der Waals surface area contributed by atoms with Crippen molar-refractivity contribution >= 4 is 46.9 Å². The summed E-state index contributed by atoms with van der Waals surface area (Å²) in [6.07, 6.45) is 3.53. The van der Waals surface area contributed by atoms with Gasteiger partial charge in [0.25, 0.3) is 24.1 Å². The van der Waals surface area contributed by atoms with Crippen LogP contribution in [0, 0.1) is 5.92 Å². The second kappa shape index (κ2) is 15.4. The summed E-state index contributed by atoms with van der Waals surface area (Å²) in [7, 11) is 0. The fraction of sp³-hybridized carbons (Fsp3) is 0.300. The number of aromatic nitrogens is 4. The lowest BCUT2D eigenvalue weighted by Gasteiger charge is -2.36. The van der Waals surface area contributed by atoms with Gasteiger partial charge in [0, 0.05) is 63.1 Å². The number of urea groups is 1. The number of fused-ring (bicyclic) bond motifs is 1. The van der Waals surface area contributed by atoms with Crippen molar-refractivity contribution in [1.29, 1.82) is 0 Å². The number of carbonyl (C=O) groups excluding carboxylic acids is 5. The molecule has 0 spiro atoms. The van der Waals surface area contributed by atoms with Gasteiger partial charge in [0.2, 0.25) is 11.8 Å². The van der Waals surface area contributed by atoms with E-state index in [0.717, 1.165) is 27.8 Å². The molecule has 4 aliphatic rings. The van der Waals surface area contributed by atoms with Crippen LogP contribution in [0.4, 0.5) is 30.8 Å². The molecule has 1 saturated carbocycles. The minimum absolute atomic E-state index is 0.0177. The van der Waals surface area contributed by atoms with Crippen molar-refractivity contribution in [1.82, 2.24) is 40.0 Å². The monoisotopic (exact) mass is 805 g/mol. The van der Waals surface area contributed by atoms with E-state index in [1.54, 1.807) is 48.7 Å². The first-order chi connectivity index (χ1) is 28.6. The van der Waals surface area contributed by atoms with E-state index >= 15 is 0 Å². The van der Waals surface area contributed by atoms with Crippen LogP contribution in [-0.4, -0.2) is 104 Å². The number of carbonyl (C=O) groups is 5. The largest absolute Gasteiger partial charge is 0.444 e. The molecule has 19 heteroatoms. The molecule has 9 rings (SSSR count). The van der Waals surface area contributed by atoms with Gasteiger partial charge in [0.15, 0.2) is 11.4 Å². The van der Waals surface area contributed by atoms with E-state index in [1.807, 2.05) is 12.1 Å². The van der Waals surface area contributed by atoms with E-state index in [4.69, 9.17) is 4.42 Å². The fourth-order valence-electron chi connectivity index (χ4n) is 7.28.